The van der Waals surface area contributed by atoms with Crippen LogP contribution in [0.3, 0.4) is 0 Å². The summed E-state index contributed by atoms with van der Waals surface area (Å²) < 4.78 is 46.7. The summed E-state index contributed by atoms with van der Waals surface area (Å²) in [6.45, 7) is 4.70. The molecule has 9 heteroatoms. The van der Waals surface area contributed by atoms with Gasteiger partial charge in [0.15, 0.2) is 0 Å². The summed E-state index contributed by atoms with van der Waals surface area (Å²) in [6.07, 6.45) is 1.18. The monoisotopic (exact) mass is 388 g/mol. The molecule has 1 aromatic carbocycles. The van der Waals surface area contributed by atoms with Gasteiger partial charge in [-0.05, 0) is 38.3 Å². The van der Waals surface area contributed by atoms with Crippen LogP contribution < -0.4 is 10.0 Å². The predicted octanol–water partition coefficient (Wildman–Crippen LogP) is 1.60. The van der Waals surface area contributed by atoms with Crippen LogP contribution in [-0.2, 0) is 37.6 Å². The number of ether oxygens (including phenoxy) is 2. The smallest absolute Gasteiger partial charge is 0.322 e. The van der Waals surface area contributed by atoms with E-state index >= 15 is 0 Å². The van der Waals surface area contributed by atoms with E-state index in [4.69, 9.17) is 14.0 Å². The van der Waals surface area contributed by atoms with Crippen LogP contribution in [0.4, 0.5) is 4.39 Å². The third-order valence-electron chi connectivity index (χ3n) is 4.47. The van der Waals surface area contributed by atoms with Crippen LogP contribution >= 0.6 is 0 Å². The zero-order chi connectivity index (χ0) is 19.2. The molecule has 2 unspecified atom stereocenters. The Bertz CT molecular complexity index is 652. The number of esters is 1. The number of carbonyl (C=O) groups is 1. The first kappa shape index (κ1) is 20.9. The second-order valence-corrected chi connectivity index (χ2v) is 6.98. The molecule has 0 spiro atoms. The molecule has 0 aliphatic carbocycles. The summed E-state index contributed by atoms with van der Waals surface area (Å²) in [6, 6.07) is 4.22. The summed E-state index contributed by atoms with van der Waals surface area (Å²) in [7, 11) is 0. The molecule has 0 amide bonds. The Kier molecular flexibility index (Phi) is 7.66. The lowest BCUT2D eigenvalue weighted by Crippen LogP contribution is -2.53. The first-order chi connectivity index (χ1) is 12.4. The minimum Gasteiger partial charge on any atom is -0.465 e. The molecular weight excluding hydrogens is 363 g/mol. The van der Waals surface area contributed by atoms with Crippen LogP contribution in [0.1, 0.15) is 37.8 Å². The van der Waals surface area contributed by atoms with Crippen molar-refractivity contribution in [1.82, 2.24) is 10.0 Å². The molecule has 0 saturated carbocycles. The molecule has 1 aliphatic rings. The van der Waals surface area contributed by atoms with E-state index < -0.39 is 28.7 Å². The Labute approximate surface area is 155 Å². The van der Waals surface area contributed by atoms with Gasteiger partial charge in [0.05, 0.1) is 6.61 Å². The number of rotatable bonds is 8. The van der Waals surface area contributed by atoms with Gasteiger partial charge in [-0.25, -0.2) is 13.3 Å². The van der Waals surface area contributed by atoms with Crippen LogP contribution in [0.5, 0.6) is 0 Å². The van der Waals surface area contributed by atoms with Crippen molar-refractivity contribution >= 4 is 17.2 Å². The van der Waals surface area contributed by atoms with Crippen LogP contribution in [0.15, 0.2) is 18.2 Å². The van der Waals surface area contributed by atoms with Gasteiger partial charge in [-0.1, -0.05) is 12.1 Å². The average Bonchev–Trinajstić information content (AvgIpc) is 2.61. The fraction of sp³-hybridized carbons (Fsp3) is 0.588. The maximum absolute atomic E-state index is 14.5. The minimum atomic E-state index is -2.20. The Morgan fingerprint density at radius 3 is 2.73 bits per heavy atom. The van der Waals surface area contributed by atoms with Crippen molar-refractivity contribution in [2.24, 2.45) is 0 Å². The van der Waals surface area contributed by atoms with Crippen LogP contribution in [0.2, 0.25) is 0 Å². The molecule has 1 heterocycles. The Morgan fingerprint density at radius 2 is 2.15 bits per heavy atom. The summed E-state index contributed by atoms with van der Waals surface area (Å²) in [5.41, 5.74) is 0.400. The molecule has 7 nitrogen and oxygen atoms in total. The molecule has 26 heavy (non-hydrogen) atoms. The number of halogens is 1. The number of hydrogen-bond acceptors (Lipinski definition) is 5. The Morgan fingerprint density at radius 1 is 1.46 bits per heavy atom. The van der Waals surface area contributed by atoms with Gasteiger partial charge in [0.1, 0.15) is 11.9 Å². The predicted molar refractivity (Wildman–Crippen MR) is 95.0 cm³/mol. The average molecular weight is 388 g/mol. The summed E-state index contributed by atoms with van der Waals surface area (Å²) in [5, 5.41) is 3.30. The fourth-order valence-corrected chi connectivity index (χ4v) is 3.38. The zero-order valence-corrected chi connectivity index (χ0v) is 15.7. The van der Waals surface area contributed by atoms with E-state index in [0.717, 1.165) is 0 Å². The maximum Gasteiger partial charge on any atom is 0.322 e. The van der Waals surface area contributed by atoms with Crippen molar-refractivity contribution in [2.45, 2.75) is 44.8 Å². The van der Waals surface area contributed by atoms with Gasteiger partial charge in [0.2, 0.25) is 11.3 Å². The normalized spacial score (nSPS) is 18.9. The first-order valence-corrected chi connectivity index (χ1v) is 9.64. The van der Waals surface area contributed by atoms with E-state index in [0.29, 0.717) is 38.2 Å². The van der Waals surface area contributed by atoms with Crippen molar-refractivity contribution < 1.29 is 27.4 Å². The van der Waals surface area contributed by atoms with E-state index in [1.165, 1.54) is 6.07 Å². The van der Waals surface area contributed by atoms with E-state index in [2.05, 4.69) is 10.0 Å². The summed E-state index contributed by atoms with van der Waals surface area (Å²) in [4.78, 5) is 12.0. The number of benzene rings is 1. The summed E-state index contributed by atoms with van der Waals surface area (Å²) >= 11 is -2.20. The molecule has 2 rings (SSSR count). The van der Waals surface area contributed by atoms with Crippen molar-refractivity contribution in [2.75, 3.05) is 19.8 Å². The van der Waals surface area contributed by atoms with Gasteiger partial charge in [0, 0.05) is 30.9 Å². The van der Waals surface area contributed by atoms with Gasteiger partial charge in [-0.15, -0.1) is 0 Å². The highest BCUT2D eigenvalue weighted by Crippen LogP contribution is 2.33. The SMILES string of the molecule is CCOC(=O)C(C)NC1(c2ccc(CNS(=O)O)c(F)c2)CCOCC1. The molecule has 0 aromatic heterocycles. The second kappa shape index (κ2) is 9.52. The van der Waals surface area contributed by atoms with Gasteiger partial charge >= 0.3 is 5.97 Å². The first-order valence-electron chi connectivity index (χ1n) is 8.53. The molecule has 146 valence electrons. The van der Waals surface area contributed by atoms with Crippen molar-refractivity contribution in [3.8, 4) is 0 Å². The van der Waals surface area contributed by atoms with E-state index in [9.17, 15) is 13.4 Å². The standard InChI is InChI=1S/C17H25FN2O5S/c1-3-25-16(21)12(2)20-17(6-8-24-9-7-17)14-5-4-13(15(18)10-14)11-19-26(22)23/h4-5,10,12,19-20H,3,6-9,11H2,1-2H3,(H,22,23). The zero-order valence-electron chi connectivity index (χ0n) is 14.9. The van der Waals surface area contributed by atoms with Crippen LogP contribution in [0.25, 0.3) is 0 Å². The van der Waals surface area contributed by atoms with Gasteiger partial charge in [-0.2, -0.15) is 0 Å². The Balaban J connectivity index is 2.24. The quantitative estimate of drug-likeness (QED) is 0.462. The minimum absolute atomic E-state index is 0.0575. The number of nitrogens with one attached hydrogen (secondary N) is 2. The molecule has 2 atom stereocenters. The molecule has 1 fully saturated rings. The lowest BCUT2D eigenvalue weighted by atomic mass is 9.81. The van der Waals surface area contributed by atoms with Crippen molar-refractivity contribution in [3.63, 3.8) is 0 Å². The second-order valence-electron chi connectivity index (χ2n) is 6.19. The van der Waals surface area contributed by atoms with Gasteiger partial charge in [-0.3, -0.25) is 14.7 Å². The van der Waals surface area contributed by atoms with Crippen molar-refractivity contribution in [3.05, 3.63) is 35.1 Å². The molecule has 1 aliphatic heterocycles. The lowest BCUT2D eigenvalue weighted by molar-refractivity contribution is -0.146. The molecule has 1 aromatic rings. The van der Waals surface area contributed by atoms with E-state index in [1.54, 1.807) is 26.0 Å². The number of carbonyl (C=O) groups excluding carboxylic acids is 1. The highest BCUT2D eigenvalue weighted by atomic mass is 32.2. The highest BCUT2D eigenvalue weighted by molar-refractivity contribution is 7.77. The van der Waals surface area contributed by atoms with Crippen molar-refractivity contribution in [1.29, 1.82) is 0 Å². The fourth-order valence-electron chi connectivity index (χ4n) is 3.10. The topological polar surface area (TPSA) is 96.9 Å². The summed E-state index contributed by atoms with van der Waals surface area (Å²) in [5.74, 6) is -0.831. The lowest BCUT2D eigenvalue weighted by Gasteiger charge is -2.40. The molecule has 0 bridgehead atoms. The highest BCUT2D eigenvalue weighted by Gasteiger charge is 2.37. The Hall–Kier alpha value is -1.39. The number of hydrogen-bond donors (Lipinski definition) is 3. The third-order valence-corrected chi connectivity index (χ3v) is 4.86. The largest absolute Gasteiger partial charge is 0.465 e. The van der Waals surface area contributed by atoms with E-state index in [1.807, 2.05) is 0 Å². The maximum atomic E-state index is 14.5. The molecule has 0 radical (unpaired) electrons. The van der Waals surface area contributed by atoms with E-state index in [-0.39, 0.29) is 18.1 Å². The van der Waals surface area contributed by atoms with Gasteiger partial charge in [0.25, 0.3) is 0 Å². The third kappa shape index (κ3) is 5.31. The van der Waals surface area contributed by atoms with Crippen LogP contribution in [-0.4, -0.2) is 40.6 Å². The molecular formula is C17H25FN2O5S. The molecule has 1 saturated heterocycles. The van der Waals surface area contributed by atoms with Crippen LogP contribution in [0, 0.1) is 5.82 Å². The van der Waals surface area contributed by atoms with Gasteiger partial charge < -0.3 is 9.47 Å². The molecule has 3 N–H and O–H groups in total.